The van der Waals surface area contributed by atoms with Crippen molar-refractivity contribution in [2.24, 2.45) is 0 Å². The van der Waals surface area contributed by atoms with Crippen LogP contribution in [0.2, 0.25) is 0 Å². The molecule has 3 rings (SSSR count). The number of thiophene rings is 1. The molecule has 1 atom stereocenters. The summed E-state index contributed by atoms with van der Waals surface area (Å²) in [5.74, 6) is 1.10. The molecule has 0 N–H and O–H groups in total. The maximum Gasteiger partial charge on any atom is 0.252 e. The number of carbonyl (C=O) groups excluding carboxylic acids is 2. The van der Waals surface area contributed by atoms with Crippen LogP contribution >= 0.6 is 11.3 Å². The molecule has 8 heteroatoms. The van der Waals surface area contributed by atoms with Crippen LogP contribution in [0, 0.1) is 6.92 Å². The van der Waals surface area contributed by atoms with Gasteiger partial charge in [0, 0.05) is 27.2 Å². The molecular formula is C15H19N5O2S. The zero-order chi connectivity index (χ0) is 16.6. The van der Waals surface area contributed by atoms with Crippen molar-refractivity contribution in [2.45, 2.75) is 25.9 Å². The van der Waals surface area contributed by atoms with Crippen molar-refractivity contribution in [1.29, 1.82) is 0 Å². The fourth-order valence-corrected chi connectivity index (χ4v) is 3.45. The van der Waals surface area contributed by atoms with Gasteiger partial charge in [0.05, 0.1) is 6.42 Å². The Labute approximate surface area is 138 Å². The molecule has 1 aliphatic heterocycles. The van der Waals surface area contributed by atoms with Gasteiger partial charge in [0.15, 0.2) is 11.9 Å². The molecule has 0 saturated heterocycles. The number of hydrogen-bond acceptors (Lipinski definition) is 5. The third-order valence-corrected chi connectivity index (χ3v) is 4.75. The number of aryl methyl sites for hydroxylation is 1. The van der Waals surface area contributed by atoms with Crippen LogP contribution in [-0.4, -0.2) is 57.0 Å². The van der Waals surface area contributed by atoms with Gasteiger partial charge in [0.25, 0.3) is 5.91 Å². The summed E-state index contributed by atoms with van der Waals surface area (Å²) in [5, 5.41) is 12.1. The van der Waals surface area contributed by atoms with E-state index >= 15 is 0 Å². The molecule has 0 aromatic carbocycles. The smallest absolute Gasteiger partial charge is 0.252 e. The predicted molar refractivity (Wildman–Crippen MR) is 85.9 cm³/mol. The highest BCUT2D eigenvalue weighted by Crippen LogP contribution is 2.27. The summed E-state index contributed by atoms with van der Waals surface area (Å²) in [6.45, 7) is 2.95. The second-order valence-electron chi connectivity index (χ2n) is 5.79. The van der Waals surface area contributed by atoms with Gasteiger partial charge in [-0.2, -0.15) is 11.3 Å². The number of aromatic nitrogens is 3. The van der Waals surface area contributed by atoms with Gasteiger partial charge in [0.1, 0.15) is 5.82 Å². The van der Waals surface area contributed by atoms with Gasteiger partial charge < -0.3 is 14.4 Å². The average molecular weight is 333 g/mol. The Bertz CT molecular complexity index is 722. The van der Waals surface area contributed by atoms with E-state index in [1.54, 1.807) is 30.3 Å². The Balaban J connectivity index is 1.92. The largest absolute Gasteiger partial charge is 0.347 e. The highest BCUT2D eigenvalue weighted by atomic mass is 32.1. The first-order valence-electron chi connectivity index (χ1n) is 7.40. The van der Waals surface area contributed by atoms with Crippen molar-refractivity contribution in [3.63, 3.8) is 0 Å². The van der Waals surface area contributed by atoms with Gasteiger partial charge in [-0.15, -0.1) is 10.2 Å². The summed E-state index contributed by atoms with van der Waals surface area (Å²) in [6.07, 6.45) is 0.299. The van der Waals surface area contributed by atoms with E-state index in [0.717, 1.165) is 11.4 Å². The first-order chi connectivity index (χ1) is 11.0. The third-order valence-electron chi connectivity index (χ3n) is 4.02. The zero-order valence-corrected chi connectivity index (χ0v) is 14.2. The second kappa shape index (κ2) is 6.11. The molecule has 122 valence electrons. The van der Waals surface area contributed by atoms with E-state index in [-0.39, 0.29) is 11.8 Å². The van der Waals surface area contributed by atoms with E-state index in [1.807, 2.05) is 28.3 Å². The van der Waals surface area contributed by atoms with E-state index in [1.165, 1.54) is 4.90 Å². The predicted octanol–water partition coefficient (Wildman–Crippen LogP) is 0.862. The van der Waals surface area contributed by atoms with Crippen molar-refractivity contribution in [2.75, 3.05) is 20.6 Å². The number of hydrogen-bond donors (Lipinski definition) is 0. The Kier molecular flexibility index (Phi) is 4.16. The topological polar surface area (TPSA) is 71.3 Å². The van der Waals surface area contributed by atoms with Gasteiger partial charge in [-0.1, -0.05) is 0 Å². The first kappa shape index (κ1) is 15.7. The average Bonchev–Trinajstić information content (AvgIpc) is 3.15. The summed E-state index contributed by atoms with van der Waals surface area (Å²) < 4.78 is 1.92. The third kappa shape index (κ3) is 2.86. The fourth-order valence-electron chi connectivity index (χ4n) is 2.78. The molecule has 2 amide bonds. The van der Waals surface area contributed by atoms with Crippen LogP contribution in [0.15, 0.2) is 16.8 Å². The molecule has 2 aromatic heterocycles. The minimum absolute atomic E-state index is 0.0597. The van der Waals surface area contributed by atoms with Crippen LogP contribution in [0.5, 0.6) is 0 Å². The van der Waals surface area contributed by atoms with Crippen molar-refractivity contribution in [1.82, 2.24) is 24.6 Å². The van der Waals surface area contributed by atoms with Crippen molar-refractivity contribution >= 4 is 23.2 Å². The van der Waals surface area contributed by atoms with Crippen molar-refractivity contribution < 1.29 is 9.59 Å². The molecule has 0 saturated carbocycles. The van der Waals surface area contributed by atoms with Crippen LogP contribution in [0.25, 0.3) is 0 Å². The summed E-state index contributed by atoms with van der Waals surface area (Å²) in [7, 11) is 3.37. The number of likely N-dealkylation sites (N-methyl/N-ethyl adjacent to an activating group) is 1. The maximum atomic E-state index is 12.7. The van der Waals surface area contributed by atoms with Gasteiger partial charge in [0.2, 0.25) is 5.91 Å². The fraction of sp³-hybridized carbons (Fsp3) is 0.467. The molecule has 1 aliphatic rings. The highest BCUT2D eigenvalue weighted by molar-refractivity contribution is 7.08. The van der Waals surface area contributed by atoms with Gasteiger partial charge in [-0.3, -0.25) is 9.59 Å². The molecule has 0 aliphatic carbocycles. The molecule has 0 bridgehead atoms. The lowest BCUT2D eigenvalue weighted by atomic mass is 10.1. The summed E-state index contributed by atoms with van der Waals surface area (Å²) in [5.41, 5.74) is 0.972. The Morgan fingerprint density at radius 3 is 2.78 bits per heavy atom. The minimum Gasteiger partial charge on any atom is -0.347 e. The molecule has 3 heterocycles. The van der Waals surface area contributed by atoms with Crippen LogP contribution in [0.1, 0.15) is 23.3 Å². The number of nitrogens with zero attached hydrogens (tertiary/aromatic N) is 5. The standard InChI is InChI=1S/C15H19N5O2S/c1-10-16-17-14-13(15(22)18(2)3)20(6-5-19(10)14)12(21)8-11-4-7-23-9-11/h4,7,9,13H,5-6,8H2,1-3H3. The molecule has 0 fully saturated rings. The van der Waals surface area contributed by atoms with Gasteiger partial charge >= 0.3 is 0 Å². The lowest BCUT2D eigenvalue weighted by Crippen LogP contribution is -2.49. The summed E-state index contributed by atoms with van der Waals surface area (Å²) >= 11 is 1.56. The van der Waals surface area contributed by atoms with E-state index in [0.29, 0.717) is 25.3 Å². The number of amides is 2. The van der Waals surface area contributed by atoms with E-state index in [4.69, 9.17) is 0 Å². The molecule has 0 spiro atoms. The van der Waals surface area contributed by atoms with Crippen LogP contribution in [-0.2, 0) is 22.6 Å². The lowest BCUT2D eigenvalue weighted by Gasteiger charge is -2.36. The van der Waals surface area contributed by atoms with Crippen LogP contribution in [0.3, 0.4) is 0 Å². The normalized spacial score (nSPS) is 17.0. The molecular weight excluding hydrogens is 314 g/mol. The van der Waals surface area contributed by atoms with Crippen LogP contribution in [0.4, 0.5) is 0 Å². The van der Waals surface area contributed by atoms with Crippen molar-refractivity contribution in [3.8, 4) is 0 Å². The zero-order valence-electron chi connectivity index (χ0n) is 13.4. The Morgan fingerprint density at radius 2 is 2.13 bits per heavy atom. The van der Waals surface area contributed by atoms with Gasteiger partial charge in [-0.05, 0) is 29.3 Å². The lowest BCUT2D eigenvalue weighted by molar-refractivity contribution is -0.146. The Hall–Kier alpha value is -2.22. The maximum absolute atomic E-state index is 12.7. The summed E-state index contributed by atoms with van der Waals surface area (Å²) in [6, 6.07) is 1.23. The highest BCUT2D eigenvalue weighted by Gasteiger charge is 2.39. The quantitative estimate of drug-likeness (QED) is 0.835. The second-order valence-corrected chi connectivity index (χ2v) is 6.57. The molecule has 2 aromatic rings. The molecule has 7 nitrogen and oxygen atoms in total. The van der Waals surface area contributed by atoms with Crippen LogP contribution < -0.4 is 0 Å². The van der Waals surface area contributed by atoms with E-state index < -0.39 is 6.04 Å². The monoisotopic (exact) mass is 333 g/mol. The number of carbonyl (C=O) groups is 2. The minimum atomic E-state index is -0.703. The SMILES string of the molecule is Cc1nnc2n1CCN(C(=O)Cc1ccsc1)C2C(=O)N(C)C. The number of fused-ring (bicyclic) bond motifs is 1. The number of rotatable bonds is 3. The summed E-state index contributed by atoms with van der Waals surface area (Å²) in [4.78, 5) is 28.5. The molecule has 0 radical (unpaired) electrons. The molecule has 1 unspecified atom stereocenters. The van der Waals surface area contributed by atoms with Gasteiger partial charge in [-0.25, -0.2) is 0 Å². The molecule has 23 heavy (non-hydrogen) atoms. The van der Waals surface area contributed by atoms with E-state index in [2.05, 4.69) is 10.2 Å². The van der Waals surface area contributed by atoms with E-state index in [9.17, 15) is 9.59 Å². The Morgan fingerprint density at radius 1 is 1.35 bits per heavy atom. The van der Waals surface area contributed by atoms with Crippen molar-refractivity contribution in [3.05, 3.63) is 34.0 Å². The first-order valence-corrected chi connectivity index (χ1v) is 8.34.